The van der Waals surface area contributed by atoms with Gasteiger partial charge in [-0.1, -0.05) is 59.8 Å². The van der Waals surface area contributed by atoms with Crippen LogP contribution in [0.5, 0.6) is 0 Å². The maximum Gasteiger partial charge on any atom is 0.322 e. The Labute approximate surface area is 145 Å². The minimum absolute atomic E-state index is 0.410. The first-order chi connectivity index (χ1) is 12.4. The van der Waals surface area contributed by atoms with Crippen LogP contribution in [0.25, 0.3) is 11.4 Å². The molecule has 0 aliphatic heterocycles. The predicted octanol–water partition coefficient (Wildman–Crippen LogP) is 3.59. The first kappa shape index (κ1) is 15.1. The molecule has 0 bridgehead atoms. The summed E-state index contributed by atoms with van der Waals surface area (Å²) >= 11 is 0. The molecule has 6 nitrogen and oxygen atoms in total. The van der Waals surface area contributed by atoms with Gasteiger partial charge in [0, 0.05) is 24.5 Å². The fourth-order valence-electron chi connectivity index (χ4n) is 2.62. The third-order valence-electron chi connectivity index (χ3n) is 3.90. The summed E-state index contributed by atoms with van der Waals surface area (Å²) in [6, 6.07) is 20.3. The van der Waals surface area contributed by atoms with Gasteiger partial charge in [0.1, 0.15) is 0 Å². The van der Waals surface area contributed by atoms with Gasteiger partial charge in [0.2, 0.25) is 5.82 Å². The molecule has 2 aromatic heterocycles. The molecule has 2 aromatic carbocycles. The van der Waals surface area contributed by atoms with Gasteiger partial charge >= 0.3 is 6.01 Å². The van der Waals surface area contributed by atoms with Gasteiger partial charge in [-0.15, -0.1) is 0 Å². The lowest BCUT2D eigenvalue weighted by Gasteiger charge is -2.09. The highest BCUT2D eigenvalue weighted by Gasteiger charge is 2.09. The lowest BCUT2D eigenvalue weighted by atomic mass is 10.1. The lowest BCUT2D eigenvalue weighted by molar-refractivity contribution is 0.432. The van der Waals surface area contributed by atoms with E-state index >= 15 is 0 Å². The van der Waals surface area contributed by atoms with E-state index in [9.17, 15) is 0 Å². The normalized spacial score (nSPS) is 10.7. The van der Waals surface area contributed by atoms with E-state index in [2.05, 4.69) is 32.7 Å². The zero-order chi connectivity index (χ0) is 16.9. The minimum Gasteiger partial charge on any atom is -0.334 e. The Morgan fingerprint density at radius 3 is 2.52 bits per heavy atom. The molecule has 0 saturated heterocycles. The SMILES string of the molecule is c1ccc(-c2noc(NCc3ccccc3Cn3cccn3)n2)cc1. The number of nitrogens with one attached hydrogen (secondary N) is 1. The maximum absolute atomic E-state index is 5.30. The Morgan fingerprint density at radius 2 is 1.72 bits per heavy atom. The number of hydrogen-bond donors (Lipinski definition) is 1. The van der Waals surface area contributed by atoms with Crippen molar-refractivity contribution in [3.8, 4) is 11.4 Å². The fraction of sp³-hybridized carbons (Fsp3) is 0.105. The zero-order valence-corrected chi connectivity index (χ0v) is 13.5. The van der Waals surface area contributed by atoms with Gasteiger partial charge < -0.3 is 9.84 Å². The highest BCUT2D eigenvalue weighted by atomic mass is 16.5. The van der Waals surface area contributed by atoms with Gasteiger partial charge in [0.25, 0.3) is 0 Å². The molecule has 0 aliphatic rings. The van der Waals surface area contributed by atoms with Gasteiger partial charge in [-0.05, 0) is 17.2 Å². The van der Waals surface area contributed by atoms with Crippen molar-refractivity contribution in [2.45, 2.75) is 13.1 Å². The van der Waals surface area contributed by atoms with Crippen molar-refractivity contribution >= 4 is 6.01 Å². The molecule has 0 radical (unpaired) electrons. The molecule has 0 atom stereocenters. The van der Waals surface area contributed by atoms with Crippen LogP contribution in [0.1, 0.15) is 11.1 Å². The predicted molar refractivity (Wildman–Crippen MR) is 94.8 cm³/mol. The molecular formula is C19H17N5O. The quantitative estimate of drug-likeness (QED) is 0.585. The molecule has 0 amide bonds. The molecular weight excluding hydrogens is 314 g/mol. The summed E-state index contributed by atoms with van der Waals surface area (Å²) in [6.45, 7) is 1.33. The summed E-state index contributed by atoms with van der Waals surface area (Å²) in [6.07, 6.45) is 3.73. The summed E-state index contributed by atoms with van der Waals surface area (Å²) in [5.74, 6) is 0.577. The van der Waals surface area contributed by atoms with Crippen LogP contribution in [0.15, 0.2) is 77.6 Å². The third-order valence-corrected chi connectivity index (χ3v) is 3.90. The van der Waals surface area contributed by atoms with E-state index in [0.29, 0.717) is 18.4 Å². The molecule has 1 N–H and O–H groups in total. The van der Waals surface area contributed by atoms with Crippen LogP contribution in [-0.4, -0.2) is 19.9 Å². The smallest absolute Gasteiger partial charge is 0.322 e. The summed E-state index contributed by atoms with van der Waals surface area (Å²) in [5.41, 5.74) is 3.29. The van der Waals surface area contributed by atoms with E-state index in [4.69, 9.17) is 4.52 Å². The van der Waals surface area contributed by atoms with Crippen LogP contribution < -0.4 is 5.32 Å². The molecule has 0 fully saturated rings. The van der Waals surface area contributed by atoms with Gasteiger partial charge in [-0.2, -0.15) is 10.1 Å². The fourth-order valence-corrected chi connectivity index (χ4v) is 2.62. The number of aromatic nitrogens is 4. The number of nitrogens with zero attached hydrogens (tertiary/aromatic N) is 4. The largest absolute Gasteiger partial charge is 0.334 e. The zero-order valence-electron chi connectivity index (χ0n) is 13.5. The Bertz CT molecular complexity index is 931. The van der Waals surface area contributed by atoms with E-state index in [1.54, 1.807) is 6.20 Å². The van der Waals surface area contributed by atoms with Crippen molar-refractivity contribution in [3.63, 3.8) is 0 Å². The van der Waals surface area contributed by atoms with Crippen molar-refractivity contribution in [2.24, 2.45) is 0 Å². The second-order valence-electron chi connectivity index (χ2n) is 5.62. The Balaban J connectivity index is 1.46. The molecule has 2 heterocycles. The van der Waals surface area contributed by atoms with Crippen molar-refractivity contribution in [2.75, 3.05) is 5.32 Å². The van der Waals surface area contributed by atoms with Crippen LogP contribution >= 0.6 is 0 Å². The monoisotopic (exact) mass is 331 g/mol. The Kier molecular flexibility index (Phi) is 4.24. The maximum atomic E-state index is 5.30. The van der Waals surface area contributed by atoms with Gasteiger partial charge in [-0.25, -0.2) is 0 Å². The van der Waals surface area contributed by atoms with Crippen LogP contribution in [0, 0.1) is 0 Å². The average Bonchev–Trinajstić information content (AvgIpc) is 3.34. The molecule has 4 aromatic rings. The molecule has 124 valence electrons. The minimum atomic E-state index is 0.410. The third kappa shape index (κ3) is 3.58. The van der Waals surface area contributed by atoms with Crippen LogP contribution in [-0.2, 0) is 13.1 Å². The standard InChI is InChI=1S/C19H17N5O/c1-2-7-15(8-3-1)18-22-19(25-23-18)20-13-16-9-4-5-10-17(16)14-24-12-6-11-21-24/h1-12H,13-14H2,(H,20,22,23). The number of rotatable bonds is 6. The van der Waals surface area contributed by atoms with Crippen molar-refractivity contribution in [3.05, 3.63) is 84.2 Å². The molecule has 0 unspecified atom stereocenters. The number of hydrogen-bond acceptors (Lipinski definition) is 5. The molecule has 0 saturated carbocycles. The summed E-state index contributed by atoms with van der Waals surface area (Å²) in [4.78, 5) is 4.39. The second-order valence-corrected chi connectivity index (χ2v) is 5.62. The first-order valence-corrected chi connectivity index (χ1v) is 8.06. The summed E-state index contributed by atoms with van der Waals surface area (Å²) in [7, 11) is 0. The lowest BCUT2D eigenvalue weighted by Crippen LogP contribution is -2.07. The Hall–Kier alpha value is -3.41. The average molecular weight is 331 g/mol. The van der Waals surface area contributed by atoms with Crippen LogP contribution in [0.3, 0.4) is 0 Å². The van der Waals surface area contributed by atoms with Gasteiger partial charge in [0.15, 0.2) is 0 Å². The van der Waals surface area contributed by atoms with E-state index < -0.39 is 0 Å². The van der Waals surface area contributed by atoms with Gasteiger partial charge in [-0.3, -0.25) is 4.68 Å². The molecule has 6 heteroatoms. The van der Waals surface area contributed by atoms with Crippen molar-refractivity contribution < 1.29 is 4.52 Å². The summed E-state index contributed by atoms with van der Waals surface area (Å²) < 4.78 is 7.20. The van der Waals surface area contributed by atoms with Crippen LogP contribution in [0.2, 0.25) is 0 Å². The number of benzene rings is 2. The topological polar surface area (TPSA) is 68.8 Å². The summed E-state index contributed by atoms with van der Waals surface area (Å²) in [5, 5.41) is 11.5. The first-order valence-electron chi connectivity index (χ1n) is 8.06. The van der Waals surface area contributed by atoms with Crippen LogP contribution in [0.4, 0.5) is 6.01 Å². The highest BCUT2D eigenvalue weighted by Crippen LogP contribution is 2.18. The van der Waals surface area contributed by atoms with Gasteiger partial charge in [0.05, 0.1) is 6.54 Å². The van der Waals surface area contributed by atoms with E-state index in [1.807, 2.05) is 59.4 Å². The molecule has 0 spiro atoms. The molecule has 4 rings (SSSR count). The highest BCUT2D eigenvalue weighted by molar-refractivity contribution is 5.55. The van der Waals surface area contributed by atoms with E-state index in [-0.39, 0.29) is 0 Å². The van der Waals surface area contributed by atoms with Crippen molar-refractivity contribution in [1.29, 1.82) is 0 Å². The molecule has 25 heavy (non-hydrogen) atoms. The molecule has 0 aliphatic carbocycles. The Morgan fingerprint density at radius 1 is 0.920 bits per heavy atom. The second kappa shape index (κ2) is 7.00. The van der Waals surface area contributed by atoms with E-state index in [0.717, 1.165) is 17.7 Å². The van der Waals surface area contributed by atoms with Crippen molar-refractivity contribution in [1.82, 2.24) is 19.9 Å². The number of anilines is 1. The van der Waals surface area contributed by atoms with E-state index in [1.165, 1.54) is 5.56 Å².